The van der Waals surface area contributed by atoms with Crippen molar-refractivity contribution >= 4 is 0 Å². The maximum absolute atomic E-state index is 6.02. The molecule has 3 heteroatoms. The predicted octanol–water partition coefficient (Wildman–Crippen LogP) is 3.94. The van der Waals surface area contributed by atoms with Gasteiger partial charge in [-0.05, 0) is 37.8 Å². The van der Waals surface area contributed by atoms with Crippen LogP contribution in [-0.2, 0) is 4.74 Å². The molecule has 1 aromatic rings. The number of nitrogens with one attached hydrogen (secondary N) is 1. The van der Waals surface area contributed by atoms with Crippen LogP contribution in [0.3, 0.4) is 0 Å². The Balaban J connectivity index is 2.22. The first-order chi connectivity index (χ1) is 10.3. The van der Waals surface area contributed by atoms with Crippen LogP contribution in [0.5, 0.6) is 5.75 Å². The Morgan fingerprint density at radius 2 is 2.10 bits per heavy atom. The van der Waals surface area contributed by atoms with E-state index in [0.29, 0.717) is 5.92 Å². The van der Waals surface area contributed by atoms with E-state index < -0.39 is 0 Å². The Kier molecular flexibility index (Phi) is 6.52. The van der Waals surface area contributed by atoms with Gasteiger partial charge in [-0.15, -0.1) is 0 Å². The molecule has 0 bridgehead atoms. The van der Waals surface area contributed by atoms with E-state index in [9.17, 15) is 0 Å². The third-order valence-corrected chi connectivity index (χ3v) is 4.10. The SMILES string of the molecule is CCCNC(c1ccccc1OCCC)C1OCCC1C. The van der Waals surface area contributed by atoms with E-state index in [2.05, 4.69) is 44.3 Å². The molecule has 1 saturated heterocycles. The Morgan fingerprint density at radius 3 is 2.76 bits per heavy atom. The number of hydrogen-bond donors (Lipinski definition) is 1. The average molecular weight is 291 g/mol. The van der Waals surface area contributed by atoms with Crippen LogP contribution >= 0.6 is 0 Å². The van der Waals surface area contributed by atoms with Crippen LogP contribution in [0.2, 0.25) is 0 Å². The smallest absolute Gasteiger partial charge is 0.124 e. The van der Waals surface area contributed by atoms with Crippen LogP contribution in [0.4, 0.5) is 0 Å². The fraction of sp³-hybridized carbons (Fsp3) is 0.667. The van der Waals surface area contributed by atoms with E-state index in [4.69, 9.17) is 9.47 Å². The molecule has 0 aromatic heterocycles. The van der Waals surface area contributed by atoms with Gasteiger partial charge in [-0.1, -0.05) is 39.0 Å². The largest absolute Gasteiger partial charge is 0.493 e. The second-order valence-corrected chi connectivity index (χ2v) is 5.92. The number of benzene rings is 1. The molecule has 3 unspecified atom stereocenters. The number of ether oxygens (including phenoxy) is 2. The average Bonchev–Trinajstić information content (AvgIpc) is 2.93. The van der Waals surface area contributed by atoms with Gasteiger partial charge in [0.25, 0.3) is 0 Å². The van der Waals surface area contributed by atoms with Gasteiger partial charge in [-0.25, -0.2) is 0 Å². The molecule has 0 amide bonds. The lowest BCUT2D eigenvalue weighted by molar-refractivity contribution is 0.0597. The van der Waals surface area contributed by atoms with Gasteiger partial charge in [0.05, 0.1) is 18.8 Å². The summed E-state index contributed by atoms with van der Waals surface area (Å²) in [5.74, 6) is 1.58. The molecule has 1 heterocycles. The van der Waals surface area contributed by atoms with E-state index in [-0.39, 0.29) is 12.1 Å². The van der Waals surface area contributed by atoms with Crippen molar-refractivity contribution in [3.63, 3.8) is 0 Å². The lowest BCUT2D eigenvalue weighted by atomic mass is 9.92. The van der Waals surface area contributed by atoms with Crippen LogP contribution in [0.1, 0.15) is 51.6 Å². The summed E-state index contributed by atoms with van der Waals surface area (Å²) in [5.41, 5.74) is 1.23. The summed E-state index contributed by atoms with van der Waals surface area (Å²) in [6.45, 7) is 9.25. The molecule has 2 rings (SSSR count). The standard InChI is InChI=1S/C18H29NO2/c1-4-11-19-17(18-14(3)10-13-21-18)15-8-6-7-9-16(15)20-12-5-2/h6-9,14,17-19H,4-5,10-13H2,1-3H3. The third-order valence-electron chi connectivity index (χ3n) is 4.10. The molecular formula is C18H29NO2. The second kappa shape index (κ2) is 8.40. The Hall–Kier alpha value is -1.06. The summed E-state index contributed by atoms with van der Waals surface area (Å²) < 4.78 is 12.0. The van der Waals surface area contributed by atoms with Crippen molar-refractivity contribution in [2.45, 2.75) is 52.2 Å². The van der Waals surface area contributed by atoms with Crippen LogP contribution < -0.4 is 10.1 Å². The number of hydrogen-bond acceptors (Lipinski definition) is 3. The highest BCUT2D eigenvalue weighted by Crippen LogP contribution is 2.35. The van der Waals surface area contributed by atoms with Crippen molar-refractivity contribution in [3.8, 4) is 5.75 Å². The molecule has 118 valence electrons. The molecule has 21 heavy (non-hydrogen) atoms. The summed E-state index contributed by atoms with van der Waals surface area (Å²) >= 11 is 0. The lowest BCUT2D eigenvalue weighted by Crippen LogP contribution is -2.35. The molecule has 1 aromatic carbocycles. The topological polar surface area (TPSA) is 30.5 Å². The Labute approximate surface area is 129 Å². The minimum absolute atomic E-state index is 0.218. The van der Waals surface area contributed by atoms with Crippen LogP contribution in [0, 0.1) is 5.92 Å². The number of para-hydroxylation sites is 1. The van der Waals surface area contributed by atoms with Crippen molar-refractivity contribution in [1.82, 2.24) is 5.32 Å². The zero-order valence-electron chi connectivity index (χ0n) is 13.6. The molecule has 1 fully saturated rings. The lowest BCUT2D eigenvalue weighted by Gasteiger charge is -2.29. The van der Waals surface area contributed by atoms with Gasteiger partial charge in [-0.2, -0.15) is 0 Å². The molecular weight excluding hydrogens is 262 g/mol. The van der Waals surface area contributed by atoms with Crippen LogP contribution in [-0.4, -0.2) is 25.9 Å². The van der Waals surface area contributed by atoms with E-state index in [0.717, 1.165) is 44.8 Å². The summed E-state index contributed by atoms with van der Waals surface area (Å²) in [6, 6.07) is 8.60. The van der Waals surface area contributed by atoms with Crippen LogP contribution in [0.15, 0.2) is 24.3 Å². The minimum Gasteiger partial charge on any atom is -0.493 e. The third kappa shape index (κ3) is 4.21. The molecule has 1 N–H and O–H groups in total. The second-order valence-electron chi connectivity index (χ2n) is 5.92. The maximum Gasteiger partial charge on any atom is 0.124 e. The summed E-state index contributed by atoms with van der Waals surface area (Å²) in [4.78, 5) is 0. The molecule has 0 saturated carbocycles. The first kappa shape index (κ1) is 16.3. The van der Waals surface area contributed by atoms with Gasteiger partial charge in [0.15, 0.2) is 0 Å². The summed E-state index contributed by atoms with van der Waals surface area (Å²) in [7, 11) is 0. The highest BCUT2D eigenvalue weighted by molar-refractivity contribution is 5.37. The van der Waals surface area contributed by atoms with Crippen molar-refractivity contribution < 1.29 is 9.47 Å². The predicted molar refractivity (Wildman–Crippen MR) is 86.8 cm³/mol. The van der Waals surface area contributed by atoms with Gasteiger partial charge in [0.2, 0.25) is 0 Å². The van der Waals surface area contributed by atoms with Crippen molar-refractivity contribution in [3.05, 3.63) is 29.8 Å². The normalized spacial score (nSPS) is 23.2. The zero-order valence-corrected chi connectivity index (χ0v) is 13.6. The number of rotatable bonds is 8. The quantitative estimate of drug-likeness (QED) is 0.787. The van der Waals surface area contributed by atoms with Gasteiger partial charge in [0, 0.05) is 12.2 Å². The minimum atomic E-state index is 0.218. The van der Waals surface area contributed by atoms with E-state index in [1.54, 1.807) is 0 Å². The molecule has 0 aliphatic carbocycles. The van der Waals surface area contributed by atoms with Gasteiger partial charge >= 0.3 is 0 Å². The summed E-state index contributed by atoms with van der Waals surface area (Å²) in [6.07, 6.45) is 3.53. The monoisotopic (exact) mass is 291 g/mol. The Morgan fingerprint density at radius 1 is 1.29 bits per heavy atom. The molecule has 1 aliphatic heterocycles. The molecule has 1 aliphatic rings. The van der Waals surface area contributed by atoms with Crippen molar-refractivity contribution in [2.24, 2.45) is 5.92 Å². The highest BCUT2D eigenvalue weighted by Gasteiger charge is 2.34. The van der Waals surface area contributed by atoms with E-state index >= 15 is 0 Å². The molecule has 3 nitrogen and oxygen atoms in total. The van der Waals surface area contributed by atoms with Crippen LogP contribution in [0.25, 0.3) is 0 Å². The maximum atomic E-state index is 6.02. The first-order valence-corrected chi connectivity index (χ1v) is 8.34. The molecule has 0 radical (unpaired) electrons. The van der Waals surface area contributed by atoms with E-state index in [1.807, 2.05) is 6.07 Å². The van der Waals surface area contributed by atoms with E-state index in [1.165, 1.54) is 5.56 Å². The fourth-order valence-corrected chi connectivity index (χ4v) is 2.93. The Bertz CT molecular complexity index is 421. The molecule has 0 spiro atoms. The summed E-state index contributed by atoms with van der Waals surface area (Å²) in [5, 5.41) is 3.67. The van der Waals surface area contributed by atoms with Crippen molar-refractivity contribution in [1.29, 1.82) is 0 Å². The highest BCUT2D eigenvalue weighted by atomic mass is 16.5. The fourth-order valence-electron chi connectivity index (χ4n) is 2.93. The first-order valence-electron chi connectivity index (χ1n) is 8.34. The zero-order chi connectivity index (χ0) is 15.1. The van der Waals surface area contributed by atoms with Gasteiger partial charge in [0.1, 0.15) is 5.75 Å². The van der Waals surface area contributed by atoms with Crippen molar-refractivity contribution in [2.75, 3.05) is 19.8 Å². The van der Waals surface area contributed by atoms with Gasteiger partial charge < -0.3 is 14.8 Å². The van der Waals surface area contributed by atoms with Gasteiger partial charge in [-0.3, -0.25) is 0 Å². The molecule has 3 atom stereocenters.